The van der Waals surface area contributed by atoms with E-state index in [1.54, 1.807) is 17.1 Å². The van der Waals surface area contributed by atoms with Crippen molar-refractivity contribution in [2.45, 2.75) is 111 Å². The maximum atomic E-state index is 13.0. The Bertz CT molecular complexity index is 2720. The molecule has 5 N–H and O–H groups in total. The number of carboxylic acid groups (broad SMARTS) is 1. The molecule has 2 atom stereocenters. The summed E-state index contributed by atoms with van der Waals surface area (Å²) in [6.45, 7) is 21.3. The van der Waals surface area contributed by atoms with Crippen LogP contribution in [-0.2, 0) is 37.2 Å². The van der Waals surface area contributed by atoms with Crippen LogP contribution >= 0.6 is 0 Å². The Morgan fingerprint density at radius 1 is 0.803 bits per heavy atom. The molecule has 2 unspecified atom stereocenters. The number of hydrogen-bond donors (Lipinski definition) is 4. The predicted molar refractivity (Wildman–Crippen MR) is 281 cm³/mol. The molecule has 2 aliphatic heterocycles. The van der Waals surface area contributed by atoms with Gasteiger partial charge in [-0.3, -0.25) is 19.3 Å². The average Bonchev–Trinajstić information content (AvgIpc) is 4.11. The Morgan fingerprint density at radius 3 is 1.89 bits per heavy atom. The van der Waals surface area contributed by atoms with E-state index in [4.69, 9.17) is 10.5 Å². The van der Waals surface area contributed by atoms with Gasteiger partial charge in [-0.1, -0.05) is 108 Å². The number of ether oxygens (including phenoxy) is 1. The van der Waals surface area contributed by atoms with Crippen molar-refractivity contribution < 1.29 is 19.4 Å². The van der Waals surface area contributed by atoms with Crippen LogP contribution in [0.4, 0.5) is 11.4 Å². The molecule has 2 fully saturated rings. The Kier molecular flexibility index (Phi) is 15.6. The topological polar surface area (TPSA) is 190 Å². The Hall–Kier alpha value is -5.88. The van der Waals surface area contributed by atoms with Crippen molar-refractivity contribution in [3.63, 3.8) is 0 Å². The Balaban J connectivity index is 0.000000149. The van der Waals surface area contributed by atoms with Crippen molar-refractivity contribution in [3.8, 4) is 0 Å². The number of likely N-dealkylation sites (tertiary alicyclic amines) is 2. The van der Waals surface area contributed by atoms with E-state index >= 15 is 0 Å². The second-order valence-corrected chi connectivity index (χ2v) is 28.8. The quantitative estimate of drug-likeness (QED) is 0.0605. The van der Waals surface area contributed by atoms with Gasteiger partial charge < -0.3 is 30.7 Å². The van der Waals surface area contributed by atoms with E-state index in [0.29, 0.717) is 36.0 Å². The third-order valence-corrected chi connectivity index (χ3v) is 16.3. The van der Waals surface area contributed by atoms with Gasteiger partial charge in [-0.15, -0.1) is 0 Å². The van der Waals surface area contributed by atoms with Crippen LogP contribution in [-0.4, -0.2) is 121 Å². The number of carbonyl (C=O) groups is 2. The molecule has 17 heteroatoms. The number of carboxylic acids is 1. The number of fused-ring (bicyclic) bond motifs is 2. The number of amides is 1. The molecule has 6 aromatic rings. The number of benzene rings is 2. The summed E-state index contributed by atoms with van der Waals surface area (Å²) < 4.78 is 11.5. The van der Waals surface area contributed by atoms with E-state index in [9.17, 15) is 14.7 Å². The first-order chi connectivity index (χ1) is 33.7. The number of aromatic amines is 1. The van der Waals surface area contributed by atoms with Crippen LogP contribution in [0.2, 0.25) is 25.7 Å². The van der Waals surface area contributed by atoms with Crippen LogP contribution in [0, 0.1) is 22.7 Å². The molecule has 380 valence electrons. The number of nitrogens with zero attached hydrogens (tertiary/aromatic N) is 9. The molecule has 0 spiro atoms. The summed E-state index contributed by atoms with van der Waals surface area (Å²) in [7, 11) is 3.18. The molecule has 71 heavy (non-hydrogen) atoms. The molecule has 2 aromatic carbocycles. The molecular formula is C54H76N12O4Si. The number of carbonyl (C=O) groups excluding carboxylic acids is 1. The second kappa shape index (κ2) is 21.5. The third-order valence-electron chi connectivity index (χ3n) is 14.6. The van der Waals surface area contributed by atoms with Crippen molar-refractivity contribution in [1.29, 1.82) is 0 Å². The smallest absolute Gasteiger partial charge is 0.356 e. The van der Waals surface area contributed by atoms with Gasteiger partial charge in [-0.2, -0.15) is 20.4 Å². The summed E-state index contributed by atoms with van der Waals surface area (Å²) in [5.41, 5.74) is 15.0. The molecular weight excluding hydrogens is 909 g/mol. The highest BCUT2D eigenvalue weighted by atomic mass is 28.3. The molecule has 2 aliphatic carbocycles. The zero-order valence-electron chi connectivity index (χ0n) is 43.4. The van der Waals surface area contributed by atoms with Gasteiger partial charge in [0.1, 0.15) is 6.73 Å². The fourth-order valence-corrected chi connectivity index (χ4v) is 11.3. The predicted octanol–water partition coefficient (Wildman–Crippen LogP) is 8.55. The molecule has 10 rings (SSSR count). The molecule has 4 aliphatic rings. The summed E-state index contributed by atoms with van der Waals surface area (Å²) in [5.74, 6) is 0.00228. The first kappa shape index (κ1) is 51.5. The van der Waals surface area contributed by atoms with Crippen LogP contribution in [0.5, 0.6) is 0 Å². The van der Waals surface area contributed by atoms with Gasteiger partial charge in [0, 0.05) is 87.6 Å². The monoisotopic (exact) mass is 985 g/mol. The van der Waals surface area contributed by atoms with Crippen LogP contribution in [0.15, 0.2) is 85.5 Å². The van der Waals surface area contributed by atoms with E-state index in [1.165, 1.54) is 11.1 Å². The molecule has 2 saturated heterocycles. The standard InChI is InChI=1S/C24H30N6O.C16H28N2O3Si.C14H18N4/c1-24(2)10-9-19-20(11-24)27-28-21(19)23(31)26-18-12-25-30(15-18)22(17-13-29(3)14-17)16-7-5-4-6-8-16;1-16(2)7-6-12-13(10-16)18(17-14(12)15(19)20)11-21-8-9-22(3,4)5;1-17-8-12(9-17)14(11-5-3-2-4-6-11)18-10-13(15)7-16-18/h4-8,12,15,17,22H,9-11,13-14H2,1-3H3,(H,26,31)(H,27,28);6-11H2,1-5H3,(H,19,20);2-7,10,12,14H,8-9,15H2,1H3. The van der Waals surface area contributed by atoms with Crippen molar-refractivity contribution in [2.24, 2.45) is 22.7 Å². The normalized spacial score (nSPS) is 18.5. The number of nitrogen functional groups attached to an aromatic ring is 1. The van der Waals surface area contributed by atoms with E-state index in [0.717, 1.165) is 106 Å². The number of aromatic nitrogens is 8. The fraction of sp³-hybridized carbons (Fsp3) is 0.519. The van der Waals surface area contributed by atoms with Gasteiger partial charge in [0.05, 0.1) is 35.9 Å². The first-order valence-corrected chi connectivity index (χ1v) is 29.0. The summed E-state index contributed by atoms with van der Waals surface area (Å²) in [4.78, 5) is 29.0. The fourth-order valence-electron chi connectivity index (χ4n) is 10.6. The summed E-state index contributed by atoms with van der Waals surface area (Å²) >= 11 is 0. The van der Waals surface area contributed by atoms with Gasteiger partial charge in [-0.25, -0.2) is 9.48 Å². The lowest BCUT2D eigenvalue weighted by Gasteiger charge is -2.41. The number of aromatic carboxylic acids is 1. The van der Waals surface area contributed by atoms with Crippen LogP contribution in [0.1, 0.15) is 107 Å². The van der Waals surface area contributed by atoms with Gasteiger partial charge in [0.2, 0.25) is 0 Å². The van der Waals surface area contributed by atoms with Crippen LogP contribution in [0.25, 0.3) is 0 Å². The average molecular weight is 985 g/mol. The Labute approximate surface area is 420 Å². The minimum Gasteiger partial charge on any atom is -0.476 e. The lowest BCUT2D eigenvalue weighted by molar-refractivity contribution is 0.0667. The van der Waals surface area contributed by atoms with E-state index < -0.39 is 14.0 Å². The Morgan fingerprint density at radius 2 is 1.35 bits per heavy atom. The van der Waals surface area contributed by atoms with Gasteiger partial charge in [0.15, 0.2) is 11.4 Å². The highest BCUT2D eigenvalue weighted by Gasteiger charge is 2.37. The molecule has 1 amide bonds. The van der Waals surface area contributed by atoms with Crippen LogP contribution < -0.4 is 11.1 Å². The lowest BCUT2D eigenvalue weighted by atomic mass is 9.76. The van der Waals surface area contributed by atoms with Crippen molar-refractivity contribution in [3.05, 3.63) is 130 Å². The van der Waals surface area contributed by atoms with Crippen molar-refractivity contribution in [1.82, 2.24) is 49.3 Å². The third kappa shape index (κ3) is 12.8. The lowest BCUT2D eigenvalue weighted by Crippen LogP contribution is -2.48. The summed E-state index contributed by atoms with van der Waals surface area (Å²) in [5, 5.41) is 33.1. The van der Waals surface area contributed by atoms with E-state index in [1.807, 2.05) is 33.9 Å². The zero-order valence-corrected chi connectivity index (χ0v) is 44.4. The number of hydrogen-bond acceptors (Lipinski definition) is 10. The maximum Gasteiger partial charge on any atom is 0.356 e. The summed E-state index contributed by atoms with van der Waals surface area (Å²) in [6.07, 6.45) is 12.8. The second-order valence-electron chi connectivity index (χ2n) is 23.2. The largest absolute Gasteiger partial charge is 0.476 e. The minimum absolute atomic E-state index is 0.156. The minimum atomic E-state index is -1.11. The highest BCUT2D eigenvalue weighted by molar-refractivity contribution is 6.76. The number of rotatable bonds is 14. The summed E-state index contributed by atoms with van der Waals surface area (Å²) in [6, 6.07) is 22.6. The number of nitrogens with two attached hydrogens (primary N) is 1. The SMILES string of the molecule is CC1(C)CCc2c(C(=O)O)nn(COCC[Si](C)(C)C)c2C1.CN1CC(C(c2ccccc2)n2cc(N)cn2)C1.CN1CC(C(c2ccccc2)n2cc(NC(=O)c3n[nH]c4c3CCC(C)(C)C4)cn2)C1. The van der Waals surface area contributed by atoms with Gasteiger partial charge in [-0.05, 0) is 80.6 Å². The van der Waals surface area contributed by atoms with Crippen molar-refractivity contribution >= 4 is 31.3 Å². The molecule has 6 heterocycles. The van der Waals surface area contributed by atoms with Crippen LogP contribution in [0.3, 0.4) is 0 Å². The van der Waals surface area contributed by atoms with Gasteiger partial charge >= 0.3 is 5.97 Å². The first-order valence-electron chi connectivity index (χ1n) is 25.3. The molecule has 0 saturated carbocycles. The molecule has 4 aromatic heterocycles. The molecule has 0 radical (unpaired) electrons. The van der Waals surface area contributed by atoms with E-state index in [2.05, 4.69) is 151 Å². The number of nitrogens with one attached hydrogen (secondary N) is 2. The van der Waals surface area contributed by atoms with Crippen molar-refractivity contribution in [2.75, 3.05) is 57.9 Å². The van der Waals surface area contributed by atoms with E-state index in [-0.39, 0.29) is 28.5 Å². The molecule has 0 bridgehead atoms. The number of anilines is 2. The maximum absolute atomic E-state index is 13.0. The number of H-pyrrole nitrogens is 1. The highest BCUT2D eigenvalue weighted by Crippen LogP contribution is 2.38. The zero-order chi connectivity index (χ0) is 50.7. The van der Waals surface area contributed by atoms with Gasteiger partial charge in [0.25, 0.3) is 5.91 Å². The molecule has 16 nitrogen and oxygen atoms in total.